The molecule has 9 heteroatoms. The van der Waals surface area contributed by atoms with Crippen molar-refractivity contribution in [2.45, 2.75) is 11.3 Å². The van der Waals surface area contributed by atoms with Gasteiger partial charge in [0.25, 0.3) is 10.0 Å². The molecule has 0 heterocycles. The zero-order chi connectivity index (χ0) is 20.6. The van der Waals surface area contributed by atoms with Crippen LogP contribution in [0.3, 0.4) is 0 Å². The minimum atomic E-state index is -3.86. The second-order valence-corrected chi connectivity index (χ2v) is 7.49. The highest BCUT2D eigenvalue weighted by molar-refractivity contribution is 7.92. The van der Waals surface area contributed by atoms with Crippen LogP contribution in [0.15, 0.2) is 47.4 Å². The maximum absolute atomic E-state index is 12.7. The zero-order valence-corrected chi connectivity index (χ0v) is 16.8. The van der Waals surface area contributed by atoms with Crippen molar-refractivity contribution in [3.8, 4) is 11.5 Å². The Bertz CT molecular complexity index is 897. The van der Waals surface area contributed by atoms with Crippen molar-refractivity contribution >= 4 is 21.6 Å². The number of anilines is 1. The zero-order valence-electron chi connectivity index (χ0n) is 16.0. The van der Waals surface area contributed by atoms with E-state index in [2.05, 4.69) is 10.0 Å². The van der Waals surface area contributed by atoms with Gasteiger partial charge in [-0.25, -0.2) is 8.42 Å². The van der Waals surface area contributed by atoms with Crippen LogP contribution < -0.4 is 19.5 Å². The molecule has 0 radical (unpaired) electrons. The van der Waals surface area contributed by atoms with Gasteiger partial charge in [0.05, 0.1) is 27.2 Å². The van der Waals surface area contributed by atoms with Gasteiger partial charge in [0.1, 0.15) is 16.4 Å². The van der Waals surface area contributed by atoms with Gasteiger partial charge in [0.15, 0.2) is 0 Å². The number of methoxy groups -OCH3 is 3. The number of nitrogens with one attached hydrogen (secondary N) is 2. The molecule has 0 fully saturated rings. The van der Waals surface area contributed by atoms with Gasteiger partial charge in [-0.05, 0) is 29.8 Å². The van der Waals surface area contributed by atoms with Crippen molar-refractivity contribution in [1.82, 2.24) is 5.32 Å². The van der Waals surface area contributed by atoms with Gasteiger partial charge in [0, 0.05) is 25.4 Å². The van der Waals surface area contributed by atoms with Gasteiger partial charge < -0.3 is 19.5 Å². The second-order valence-electron chi connectivity index (χ2n) is 5.84. The van der Waals surface area contributed by atoms with Crippen molar-refractivity contribution in [3.05, 3.63) is 48.0 Å². The number of carbonyl (C=O) groups is 1. The molecule has 0 aliphatic rings. The molecule has 0 unspecified atom stereocenters. The molecule has 2 rings (SSSR count). The highest BCUT2D eigenvalue weighted by Gasteiger charge is 2.20. The summed E-state index contributed by atoms with van der Waals surface area (Å²) < 4.78 is 43.0. The largest absolute Gasteiger partial charge is 0.497 e. The number of benzene rings is 2. The molecule has 0 aliphatic carbocycles. The summed E-state index contributed by atoms with van der Waals surface area (Å²) >= 11 is 0. The highest BCUT2D eigenvalue weighted by atomic mass is 32.2. The Hall–Kier alpha value is -2.78. The molecule has 0 bridgehead atoms. The topological polar surface area (TPSA) is 103 Å². The third kappa shape index (κ3) is 5.86. The van der Waals surface area contributed by atoms with Crippen LogP contribution in [-0.4, -0.2) is 48.8 Å². The predicted octanol–water partition coefficient (Wildman–Crippen LogP) is 1.81. The molecule has 0 aliphatic heterocycles. The Balaban J connectivity index is 2.08. The minimum Gasteiger partial charge on any atom is -0.497 e. The van der Waals surface area contributed by atoms with Crippen LogP contribution >= 0.6 is 0 Å². The molecule has 2 aromatic carbocycles. The molecule has 2 aromatic rings. The fraction of sp³-hybridized carbons (Fsp3) is 0.316. The van der Waals surface area contributed by atoms with Gasteiger partial charge in [-0.2, -0.15) is 0 Å². The summed E-state index contributed by atoms with van der Waals surface area (Å²) in [4.78, 5) is 11.8. The lowest BCUT2D eigenvalue weighted by atomic mass is 10.1. The number of sulfonamides is 1. The van der Waals surface area contributed by atoms with Gasteiger partial charge in [-0.15, -0.1) is 0 Å². The summed E-state index contributed by atoms with van der Waals surface area (Å²) in [5, 5.41) is 2.73. The summed E-state index contributed by atoms with van der Waals surface area (Å²) in [5.74, 6) is 0.536. The van der Waals surface area contributed by atoms with Crippen LogP contribution in [0.1, 0.15) is 5.56 Å². The smallest absolute Gasteiger partial charge is 0.265 e. The summed E-state index contributed by atoms with van der Waals surface area (Å²) in [5.41, 5.74) is 1.14. The minimum absolute atomic E-state index is 0.00241. The van der Waals surface area contributed by atoms with Crippen LogP contribution in [-0.2, 0) is 26.0 Å². The van der Waals surface area contributed by atoms with Crippen molar-refractivity contribution in [1.29, 1.82) is 0 Å². The number of amides is 1. The first kappa shape index (κ1) is 21.5. The predicted molar refractivity (Wildman–Crippen MR) is 105 cm³/mol. The maximum Gasteiger partial charge on any atom is 0.265 e. The number of hydrogen-bond donors (Lipinski definition) is 2. The Kier molecular flexibility index (Phi) is 7.65. The molecule has 0 saturated carbocycles. The molecular formula is C19H24N2O6S. The van der Waals surface area contributed by atoms with E-state index in [0.29, 0.717) is 24.6 Å². The normalized spacial score (nSPS) is 11.0. The lowest BCUT2D eigenvalue weighted by molar-refractivity contribution is -0.120. The Labute approximate surface area is 164 Å². The van der Waals surface area contributed by atoms with E-state index in [9.17, 15) is 13.2 Å². The molecule has 28 heavy (non-hydrogen) atoms. The molecule has 0 saturated heterocycles. The third-order valence-corrected chi connectivity index (χ3v) is 5.28. The fourth-order valence-corrected chi connectivity index (χ4v) is 3.65. The van der Waals surface area contributed by atoms with Crippen LogP contribution in [0.4, 0.5) is 5.69 Å². The van der Waals surface area contributed by atoms with Gasteiger partial charge in [0.2, 0.25) is 5.91 Å². The van der Waals surface area contributed by atoms with Gasteiger partial charge in [-0.1, -0.05) is 12.1 Å². The van der Waals surface area contributed by atoms with Gasteiger partial charge >= 0.3 is 0 Å². The SMILES string of the molecule is COCCNC(=O)Cc1ccc(NS(=O)(=O)c2ccc(OC)cc2OC)cc1. The van der Waals surface area contributed by atoms with Crippen LogP contribution in [0.2, 0.25) is 0 Å². The first-order valence-corrected chi connectivity index (χ1v) is 9.97. The molecule has 2 N–H and O–H groups in total. The highest BCUT2D eigenvalue weighted by Crippen LogP contribution is 2.29. The molecule has 0 aromatic heterocycles. The summed E-state index contributed by atoms with van der Waals surface area (Å²) in [6, 6.07) is 11.1. The quantitative estimate of drug-likeness (QED) is 0.581. The average Bonchev–Trinajstić information content (AvgIpc) is 2.69. The van der Waals surface area contributed by atoms with E-state index in [0.717, 1.165) is 5.56 Å². The second kappa shape index (κ2) is 9.95. The van der Waals surface area contributed by atoms with E-state index in [1.54, 1.807) is 37.4 Å². The fourth-order valence-electron chi connectivity index (χ4n) is 2.44. The van der Waals surface area contributed by atoms with E-state index >= 15 is 0 Å². The summed E-state index contributed by atoms with van der Waals surface area (Å²) in [6.07, 6.45) is 0.197. The standard InChI is InChI=1S/C19H24N2O6S/c1-25-11-10-20-19(22)12-14-4-6-15(7-5-14)21-28(23,24)18-9-8-16(26-2)13-17(18)27-3/h4-9,13,21H,10-12H2,1-3H3,(H,20,22). The summed E-state index contributed by atoms with van der Waals surface area (Å²) in [6.45, 7) is 0.887. The van der Waals surface area contributed by atoms with E-state index in [4.69, 9.17) is 14.2 Å². The summed E-state index contributed by atoms with van der Waals surface area (Å²) in [7, 11) is 0.583. The maximum atomic E-state index is 12.7. The molecule has 0 spiro atoms. The lowest BCUT2D eigenvalue weighted by Crippen LogP contribution is -2.28. The van der Waals surface area contributed by atoms with E-state index < -0.39 is 10.0 Å². The number of hydrogen-bond acceptors (Lipinski definition) is 6. The van der Waals surface area contributed by atoms with Crippen LogP contribution in [0, 0.1) is 0 Å². The van der Waals surface area contributed by atoms with Crippen LogP contribution in [0.25, 0.3) is 0 Å². The lowest BCUT2D eigenvalue weighted by Gasteiger charge is -2.13. The average molecular weight is 408 g/mol. The monoisotopic (exact) mass is 408 g/mol. The molecule has 1 amide bonds. The Morgan fingerprint density at radius 1 is 1.00 bits per heavy atom. The van der Waals surface area contributed by atoms with E-state index in [1.807, 2.05) is 0 Å². The van der Waals surface area contributed by atoms with Crippen molar-refractivity contribution < 1.29 is 27.4 Å². The molecular weight excluding hydrogens is 384 g/mol. The molecule has 152 valence electrons. The number of carbonyl (C=O) groups excluding carboxylic acids is 1. The van der Waals surface area contributed by atoms with E-state index in [-0.39, 0.29) is 23.0 Å². The molecule has 8 nitrogen and oxygen atoms in total. The van der Waals surface area contributed by atoms with Gasteiger partial charge in [-0.3, -0.25) is 9.52 Å². The Morgan fingerprint density at radius 3 is 2.32 bits per heavy atom. The first-order chi connectivity index (χ1) is 13.4. The number of ether oxygens (including phenoxy) is 3. The Morgan fingerprint density at radius 2 is 1.71 bits per heavy atom. The van der Waals surface area contributed by atoms with Crippen molar-refractivity contribution in [2.75, 3.05) is 39.2 Å². The number of rotatable bonds is 10. The first-order valence-electron chi connectivity index (χ1n) is 8.49. The van der Waals surface area contributed by atoms with E-state index in [1.165, 1.54) is 26.4 Å². The third-order valence-electron chi connectivity index (χ3n) is 3.86. The van der Waals surface area contributed by atoms with Crippen LogP contribution in [0.5, 0.6) is 11.5 Å². The van der Waals surface area contributed by atoms with Crippen molar-refractivity contribution in [2.24, 2.45) is 0 Å². The molecule has 0 atom stereocenters. The van der Waals surface area contributed by atoms with Crippen molar-refractivity contribution in [3.63, 3.8) is 0 Å².